The molecule has 0 bridgehead atoms. The molecule has 0 aliphatic heterocycles. The molecule has 0 aliphatic carbocycles. The Morgan fingerprint density at radius 1 is 1.50 bits per heavy atom. The molecule has 1 amide bonds. The fraction of sp³-hybridized carbons (Fsp3) is 0.111. The van der Waals surface area contributed by atoms with Crippen LogP contribution in [0.4, 0.5) is 5.13 Å². The second kappa shape index (κ2) is 3.89. The summed E-state index contributed by atoms with van der Waals surface area (Å²) >= 11 is 2.98. The van der Waals surface area contributed by atoms with E-state index < -0.39 is 0 Å². The van der Waals surface area contributed by atoms with E-state index >= 15 is 0 Å². The van der Waals surface area contributed by atoms with Crippen LogP contribution in [0.25, 0.3) is 0 Å². The Kier molecular flexibility index (Phi) is 2.60. The predicted molar refractivity (Wildman–Crippen MR) is 59.1 cm³/mol. The van der Waals surface area contributed by atoms with Crippen LogP contribution in [0.5, 0.6) is 0 Å². The maximum Gasteiger partial charge on any atom is 0.258 e. The highest BCUT2D eigenvalue weighted by Gasteiger charge is 2.08. The Morgan fingerprint density at radius 3 is 2.93 bits per heavy atom. The molecule has 0 radical (unpaired) electrons. The molecule has 72 valence electrons. The molecule has 2 heterocycles. The van der Waals surface area contributed by atoms with Crippen LogP contribution in [-0.2, 0) is 0 Å². The van der Waals surface area contributed by atoms with Crippen molar-refractivity contribution in [2.45, 2.75) is 6.92 Å². The molecular weight excluding hydrogens is 216 g/mol. The lowest BCUT2D eigenvalue weighted by molar-refractivity contribution is 0.102. The third-order valence-corrected chi connectivity index (χ3v) is 3.20. The second-order valence-corrected chi connectivity index (χ2v) is 4.75. The van der Waals surface area contributed by atoms with Gasteiger partial charge in [0.15, 0.2) is 5.13 Å². The first-order valence-corrected chi connectivity index (χ1v) is 5.77. The van der Waals surface area contributed by atoms with Gasteiger partial charge < -0.3 is 0 Å². The van der Waals surface area contributed by atoms with Gasteiger partial charge in [-0.1, -0.05) is 0 Å². The highest BCUT2D eigenvalue weighted by Crippen LogP contribution is 2.16. The first-order chi connectivity index (χ1) is 6.75. The summed E-state index contributed by atoms with van der Waals surface area (Å²) in [6, 6.07) is 1.87. The summed E-state index contributed by atoms with van der Waals surface area (Å²) in [4.78, 5) is 16.7. The van der Waals surface area contributed by atoms with Gasteiger partial charge in [0.25, 0.3) is 5.91 Å². The van der Waals surface area contributed by atoms with Crippen LogP contribution in [0.1, 0.15) is 15.2 Å². The molecule has 0 unspecified atom stereocenters. The van der Waals surface area contributed by atoms with Gasteiger partial charge >= 0.3 is 0 Å². The SMILES string of the molecule is Cc1cc(C(=O)Nc2nccs2)cs1. The number of carbonyl (C=O) groups excluding carboxylic acids is 1. The summed E-state index contributed by atoms with van der Waals surface area (Å²) in [6.45, 7) is 1.98. The molecule has 3 nitrogen and oxygen atoms in total. The summed E-state index contributed by atoms with van der Waals surface area (Å²) in [5, 5.41) is 7.04. The smallest absolute Gasteiger partial charge is 0.258 e. The average Bonchev–Trinajstić information content (AvgIpc) is 2.75. The minimum Gasteiger partial charge on any atom is -0.298 e. The van der Waals surface area contributed by atoms with E-state index in [0.29, 0.717) is 10.7 Å². The molecule has 2 aromatic heterocycles. The Labute approximate surface area is 89.4 Å². The van der Waals surface area contributed by atoms with Crippen molar-refractivity contribution in [3.05, 3.63) is 33.5 Å². The van der Waals surface area contributed by atoms with Crippen molar-refractivity contribution in [3.63, 3.8) is 0 Å². The third-order valence-electron chi connectivity index (χ3n) is 1.65. The molecule has 2 aromatic rings. The quantitative estimate of drug-likeness (QED) is 0.852. The van der Waals surface area contributed by atoms with Gasteiger partial charge in [0.1, 0.15) is 0 Å². The molecule has 0 saturated carbocycles. The molecule has 14 heavy (non-hydrogen) atoms. The number of hydrogen-bond donors (Lipinski definition) is 1. The third kappa shape index (κ3) is 2.00. The molecule has 5 heteroatoms. The molecule has 1 N–H and O–H groups in total. The number of aromatic nitrogens is 1. The van der Waals surface area contributed by atoms with Gasteiger partial charge in [-0.2, -0.15) is 0 Å². The van der Waals surface area contributed by atoms with Gasteiger partial charge in [0.2, 0.25) is 0 Å². The fourth-order valence-corrected chi connectivity index (χ4v) is 2.22. The average molecular weight is 224 g/mol. The largest absolute Gasteiger partial charge is 0.298 e. The Morgan fingerprint density at radius 2 is 2.36 bits per heavy atom. The molecular formula is C9H8N2OS2. The fourth-order valence-electron chi connectivity index (χ4n) is 1.02. The van der Waals surface area contributed by atoms with Crippen LogP contribution in [-0.4, -0.2) is 10.9 Å². The van der Waals surface area contributed by atoms with Crippen molar-refractivity contribution < 1.29 is 4.79 Å². The number of nitrogens with zero attached hydrogens (tertiary/aromatic N) is 1. The molecule has 2 rings (SSSR count). The molecule has 0 saturated heterocycles. The number of amides is 1. The van der Waals surface area contributed by atoms with Crippen LogP contribution >= 0.6 is 22.7 Å². The molecule has 0 fully saturated rings. The van der Waals surface area contributed by atoms with E-state index in [1.807, 2.05) is 23.8 Å². The van der Waals surface area contributed by atoms with Crippen LogP contribution < -0.4 is 5.32 Å². The number of thiazole rings is 1. The highest BCUT2D eigenvalue weighted by molar-refractivity contribution is 7.13. The van der Waals surface area contributed by atoms with Crippen LogP contribution in [0.2, 0.25) is 0 Å². The normalized spacial score (nSPS) is 10.1. The molecule has 0 aromatic carbocycles. The molecule has 0 aliphatic rings. The first kappa shape index (κ1) is 9.36. The monoisotopic (exact) mass is 224 g/mol. The second-order valence-electron chi connectivity index (χ2n) is 2.74. The van der Waals surface area contributed by atoms with Crippen LogP contribution in [0.15, 0.2) is 23.0 Å². The predicted octanol–water partition coefficient (Wildman–Crippen LogP) is 2.77. The highest BCUT2D eigenvalue weighted by atomic mass is 32.1. The van der Waals surface area contributed by atoms with E-state index in [9.17, 15) is 4.79 Å². The standard InChI is InChI=1S/C9H8N2OS2/c1-6-4-7(5-14-6)8(12)11-9-10-2-3-13-9/h2-5H,1H3,(H,10,11,12). The zero-order chi connectivity index (χ0) is 9.97. The lowest BCUT2D eigenvalue weighted by Crippen LogP contribution is -2.10. The number of aryl methyl sites for hydroxylation is 1. The van der Waals surface area contributed by atoms with E-state index in [1.165, 1.54) is 11.3 Å². The Balaban J connectivity index is 2.10. The van der Waals surface area contributed by atoms with Crippen molar-refractivity contribution in [2.24, 2.45) is 0 Å². The van der Waals surface area contributed by atoms with E-state index in [0.717, 1.165) is 4.88 Å². The first-order valence-electron chi connectivity index (χ1n) is 4.01. The topological polar surface area (TPSA) is 42.0 Å². The van der Waals surface area contributed by atoms with Gasteiger partial charge in [0, 0.05) is 21.8 Å². The zero-order valence-electron chi connectivity index (χ0n) is 7.48. The van der Waals surface area contributed by atoms with E-state index in [4.69, 9.17) is 0 Å². The number of hydrogen-bond acceptors (Lipinski definition) is 4. The lowest BCUT2D eigenvalue weighted by Gasteiger charge is -1.97. The summed E-state index contributed by atoms with van der Waals surface area (Å²) in [6.07, 6.45) is 1.67. The van der Waals surface area contributed by atoms with Gasteiger partial charge in [-0.05, 0) is 13.0 Å². The van der Waals surface area contributed by atoms with Crippen molar-refractivity contribution in [1.29, 1.82) is 0 Å². The minimum absolute atomic E-state index is 0.0932. The Bertz CT molecular complexity index is 433. The molecule has 0 spiro atoms. The van der Waals surface area contributed by atoms with E-state index in [1.54, 1.807) is 17.5 Å². The van der Waals surface area contributed by atoms with Gasteiger partial charge in [0.05, 0.1) is 5.56 Å². The van der Waals surface area contributed by atoms with E-state index in [2.05, 4.69) is 10.3 Å². The minimum atomic E-state index is -0.0932. The van der Waals surface area contributed by atoms with Crippen LogP contribution in [0.3, 0.4) is 0 Å². The number of thiophene rings is 1. The van der Waals surface area contributed by atoms with Crippen molar-refractivity contribution >= 4 is 33.7 Å². The van der Waals surface area contributed by atoms with Crippen molar-refractivity contribution in [1.82, 2.24) is 4.98 Å². The zero-order valence-corrected chi connectivity index (χ0v) is 9.11. The van der Waals surface area contributed by atoms with Crippen molar-refractivity contribution in [3.8, 4) is 0 Å². The van der Waals surface area contributed by atoms with Gasteiger partial charge in [-0.15, -0.1) is 22.7 Å². The number of rotatable bonds is 2. The summed E-state index contributed by atoms with van der Waals surface area (Å²) in [7, 11) is 0. The number of anilines is 1. The van der Waals surface area contributed by atoms with Gasteiger partial charge in [-0.3, -0.25) is 10.1 Å². The van der Waals surface area contributed by atoms with E-state index in [-0.39, 0.29) is 5.91 Å². The Hall–Kier alpha value is -1.20. The summed E-state index contributed by atoms with van der Waals surface area (Å²) in [5.74, 6) is -0.0932. The van der Waals surface area contributed by atoms with Crippen molar-refractivity contribution in [2.75, 3.05) is 5.32 Å². The summed E-state index contributed by atoms with van der Waals surface area (Å²) in [5.41, 5.74) is 0.697. The summed E-state index contributed by atoms with van der Waals surface area (Å²) < 4.78 is 0. The molecule has 0 atom stereocenters. The maximum absolute atomic E-state index is 11.6. The van der Waals surface area contributed by atoms with Gasteiger partial charge in [-0.25, -0.2) is 4.98 Å². The number of carbonyl (C=O) groups is 1. The van der Waals surface area contributed by atoms with Crippen LogP contribution in [0, 0.1) is 6.92 Å². The lowest BCUT2D eigenvalue weighted by atomic mass is 10.3. The number of nitrogens with one attached hydrogen (secondary N) is 1. The maximum atomic E-state index is 11.6.